The zero-order valence-corrected chi connectivity index (χ0v) is 15.8. The highest BCUT2D eigenvalue weighted by molar-refractivity contribution is 5.32. The lowest BCUT2D eigenvalue weighted by Gasteiger charge is -2.47. The van der Waals surface area contributed by atoms with E-state index in [0.717, 1.165) is 0 Å². The molecule has 0 aromatic carbocycles. The summed E-state index contributed by atoms with van der Waals surface area (Å²) in [6.07, 6.45) is -2.81. The van der Waals surface area contributed by atoms with E-state index in [2.05, 4.69) is 6.58 Å². The van der Waals surface area contributed by atoms with E-state index in [9.17, 15) is 30.6 Å². The monoisotopic (exact) mass is 368 g/mol. The van der Waals surface area contributed by atoms with Gasteiger partial charge in [-0.05, 0) is 38.5 Å². The third-order valence-corrected chi connectivity index (χ3v) is 8.75. The Morgan fingerprint density at radius 3 is 2.15 bits per heavy atom. The molecule has 4 aliphatic rings. The number of aliphatic hydroxyl groups excluding tert-OH is 4. The van der Waals surface area contributed by atoms with Crippen molar-refractivity contribution in [2.45, 2.75) is 82.1 Å². The fraction of sp³-hybridized carbons (Fsp3) is 0.900. The van der Waals surface area contributed by atoms with Gasteiger partial charge in [0.2, 0.25) is 0 Å². The second-order valence-corrected chi connectivity index (χ2v) is 10.2. The number of hydrogen-bond acceptors (Lipinski definition) is 6. The van der Waals surface area contributed by atoms with E-state index in [-0.39, 0.29) is 25.2 Å². The molecule has 2 bridgehead atoms. The van der Waals surface area contributed by atoms with Crippen LogP contribution in [-0.2, 0) is 0 Å². The number of hydrogen-bond donors (Lipinski definition) is 6. The minimum Gasteiger partial charge on any atom is -0.393 e. The van der Waals surface area contributed by atoms with Crippen LogP contribution in [0.4, 0.5) is 0 Å². The van der Waals surface area contributed by atoms with E-state index in [1.54, 1.807) is 20.8 Å². The summed E-state index contributed by atoms with van der Waals surface area (Å²) in [4.78, 5) is 0. The van der Waals surface area contributed by atoms with Gasteiger partial charge in [-0.2, -0.15) is 0 Å². The number of fused-ring (bicyclic) bond motifs is 2. The largest absolute Gasteiger partial charge is 0.393 e. The van der Waals surface area contributed by atoms with Crippen LogP contribution in [0.2, 0.25) is 0 Å². The summed E-state index contributed by atoms with van der Waals surface area (Å²) in [7, 11) is 0. The van der Waals surface area contributed by atoms with Gasteiger partial charge in [-0.25, -0.2) is 0 Å². The van der Waals surface area contributed by atoms with Gasteiger partial charge in [0, 0.05) is 22.7 Å². The van der Waals surface area contributed by atoms with Crippen LogP contribution in [0.25, 0.3) is 0 Å². The first-order chi connectivity index (χ1) is 11.8. The highest BCUT2D eigenvalue weighted by atomic mass is 16.4. The average molecular weight is 368 g/mol. The van der Waals surface area contributed by atoms with Crippen molar-refractivity contribution in [2.24, 2.45) is 28.6 Å². The molecule has 4 rings (SSSR count). The molecule has 1 spiro atoms. The summed E-state index contributed by atoms with van der Waals surface area (Å²) in [6.45, 7) is 9.35. The molecule has 26 heavy (non-hydrogen) atoms. The normalized spacial score (nSPS) is 61.1. The summed E-state index contributed by atoms with van der Waals surface area (Å²) < 4.78 is 0. The molecule has 0 amide bonds. The summed E-state index contributed by atoms with van der Waals surface area (Å²) in [6, 6.07) is 0. The van der Waals surface area contributed by atoms with Gasteiger partial charge in [0.1, 0.15) is 5.60 Å². The second-order valence-electron chi connectivity index (χ2n) is 10.2. The summed E-state index contributed by atoms with van der Waals surface area (Å²) in [5.41, 5.74) is -3.91. The van der Waals surface area contributed by atoms with Crippen LogP contribution >= 0.6 is 0 Å². The first-order valence-electron chi connectivity index (χ1n) is 9.66. The third kappa shape index (κ3) is 1.88. The molecule has 4 fully saturated rings. The first-order valence-corrected chi connectivity index (χ1v) is 9.66. The SMILES string of the molecule is C=C1[C@@H]2C[C@@H](O)[C@@H]3[C@H](O)[C@@]2(C[C@H](O)[C@@]2(O)[C@H]1C[C@H](O)C2(C)C)C[C@@]3(C)O. The van der Waals surface area contributed by atoms with E-state index in [1.807, 2.05) is 0 Å². The molecule has 0 aromatic rings. The lowest BCUT2D eigenvalue weighted by Crippen LogP contribution is -2.57. The lowest BCUT2D eigenvalue weighted by molar-refractivity contribution is -0.176. The minimum atomic E-state index is -1.57. The molecule has 0 aromatic heterocycles. The van der Waals surface area contributed by atoms with Crippen LogP contribution in [0, 0.1) is 28.6 Å². The van der Waals surface area contributed by atoms with Crippen molar-refractivity contribution < 1.29 is 30.6 Å². The molecule has 0 saturated heterocycles. The Kier molecular flexibility index (Phi) is 3.70. The molecular weight excluding hydrogens is 336 g/mol. The molecule has 10 atom stereocenters. The summed E-state index contributed by atoms with van der Waals surface area (Å²) in [5.74, 6) is -1.52. The van der Waals surface area contributed by atoms with Crippen LogP contribution in [0.1, 0.15) is 46.5 Å². The van der Waals surface area contributed by atoms with Gasteiger partial charge in [-0.1, -0.05) is 26.0 Å². The maximum absolute atomic E-state index is 11.6. The quantitative estimate of drug-likeness (QED) is 0.333. The molecule has 0 unspecified atom stereocenters. The Balaban J connectivity index is 1.87. The first kappa shape index (κ1) is 18.8. The van der Waals surface area contributed by atoms with Gasteiger partial charge in [0.15, 0.2) is 0 Å². The third-order valence-electron chi connectivity index (χ3n) is 8.75. The van der Waals surface area contributed by atoms with Crippen molar-refractivity contribution in [1.29, 1.82) is 0 Å². The molecule has 4 aliphatic carbocycles. The average Bonchev–Trinajstić information content (AvgIpc) is 2.76. The van der Waals surface area contributed by atoms with E-state index in [1.165, 1.54) is 0 Å². The maximum Gasteiger partial charge on any atom is 0.105 e. The Morgan fingerprint density at radius 1 is 0.923 bits per heavy atom. The molecule has 6 heteroatoms. The zero-order valence-electron chi connectivity index (χ0n) is 15.8. The smallest absolute Gasteiger partial charge is 0.105 e. The van der Waals surface area contributed by atoms with Crippen molar-refractivity contribution >= 4 is 0 Å². The van der Waals surface area contributed by atoms with Gasteiger partial charge in [0.25, 0.3) is 0 Å². The molecule has 148 valence electrons. The fourth-order valence-electron chi connectivity index (χ4n) is 7.29. The highest BCUT2D eigenvalue weighted by Crippen LogP contribution is 2.68. The van der Waals surface area contributed by atoms with Gasteiger partial charge < -0.3 is 30.6 Å². The topological polar surface area (TPSA) is 121 Å². The van der Waals surface area contributed by atoms with Crippen LogP contribution in [0.5, 0.6) is 0 Å². The Bertz CT molecular complexity index is 644. The minimum absolute atomic E-state index is 0.111. The van der Waals surface area contributed by atoms with Gasteiger partial charge >= 0.3 is 0 Å². The molecular formula is C20H32O6. The van der Waals surface area contributed by atoms with Crippen molar-refractivity contribution in [2.75, 3.05) is 0 Å². The van der Waals surface area contributed by atoms with Crippen molar-refractivity contribution in [1.82, 2.24) is 0 Å². The van der Waals surface area contributed by atoms with Crippen LogP contribution in [-0.4, -0.2) is 66.3 Å². The molecule has 6 N–H and O–H groups in total. The van der Waals surface area contributed by atoms with Crippen molar-refractivity contribution in [3.8, 4) is 0 Å². The summed E-state index contributed by atoms with van der Waals surface area (Å²) >= 11 is 0. The van der Waals surface area contributed by atoms with Crippen molar-refractivity contribution in [3.05, 3.63) is 12.2 Å². The van der Waals surface area contributed by atoms with Gasteiger partial charge in [0.05, 0.1) is 30.0 Å². The maximum atomic E-state index is 11.6. The highest BCUT2D eigenvalue weighted by Gasteiger charge is 2.73. The molecule has 0 heterocycles. The Morgan fingerprint density at radius 2 is 1.54 bits per heavy atom. The van der Waals surface area contributed by atoms with Gasteiger partial charge in [-0.15, -0.1) is 0 Å². The lowest BCUT2D eigenvalue weighted by atomic mass is 9.60. The Hall–Kier alpha value is -0.500. The number of aliphatic hydroxyl groups is 6. The van der Waals surface area contributed by atoms with Crippen LogP contribution in [0.3, 0.4) is 0 Å². The van der Waals surface area contributed by atoms with E-state index >= 15 is 0 Å². The predicted molar refractivity (Wildman–Crippen MR) is 93.9 cm³/mol. The summed E-state index contributed by atoms with van der Waals surface area (Å²) in [5, 5.41) is 65.9. The van der Waals surface area contributed by atoms with Gasteiger partial charge in [-0.3, -0.25) is 0 Å². The molecule has 0 aliphatic heterocycles. The molecule has 6 nitrogen and oxygen atoms in total. The Labute approximate surface area is 154 Å². The zero-order chi connectivity index (χ0) is 19.4. The van der Waals surface area contributed by atoms with Crippen LogP contribution < -0.4 is 0 Å². The van der Waals surface area contributed by atoms with E-state index < -0.39 is 58.3 Å². The number of rotatable bonds is 0. The standard InChI is InChI=1S/C20H32O6/c1-9-10-5-12(21)15-16(24)19(10,8-18(15,4)25)7-14(23)20(26)11(9)6-13(22)17(20,2)3/h10-16,21-26H,1,5-8H2,2-4H3/t10-,11-,12+,13-,14-,15+,16-,18+,19-,20-/m0/s1. The second kappa shape index (κ2) is 5.10. The molecule has 4 saturated carbocycles. The van der Waals surface area contributed by atoms with Crippen molar-refractivity contribution in [3.63, 3.8) is 0 Å². The van der Waals surface area contributed by atoms with E-state index in [0.29, 0.717) is 12.0 Å². The van der Waals surface area contributed by atoms with Crippen LogP contribution in [0.15, 0.2) is 12.2 Å². The predicted octanol–water partition coefficient (Wildman–Crippen LogP) is -0.0557. The van der Waals surface area contributed by atoms with E-state index in [4.69, 9.17) is 0 Å². The molecule has 0 radical (unpaired) electrons. The fourth-order valence-corrected chi connectivity index (χ4v) is 7.29.